The molecule has 0 atom stereocenters. The lowest BCUT2D eigenvalue weighted by Crippen LogP contribution is -2.17. The number of amides is 1. The van der Waals surface area contributed by atoms with E-state index in [-0.39, 0.29) is 17.6 Å². The average molecular weight is 472 g/mol. The van der Waals surface area contributed by atoms with Gasteiger partial charge in [0.25, 0.3) is 0 Å². The van der Waals surface area contributed by atoms with Crippen molar-refractivity contribution in [2.75, 3.05) is 12.4 Å². The van der Waals surface area contributed by atoms with Gasteiger partial charge in [-0.15, -0.1) is 0 Å². The quantitative estimate of drug-likeness (QED) is 0.323. The Morgan fingerprint density at radius 2 is 1.76 bits per heavy atom. The number of nitrogens with one attached hydrogen (secondary N) is 1. The molecule has 174 valence electrons. The molecule has 0 fully saturated rings. The Hall–Kier alpha value is -3.45. The zero-order chi connectivity index (χ0) is 24.1. The molecular weight excluding hydrogens is 446 g/mol. The molecule has 4 rings (SSSR count). The molecular formula is C25H26ClNO6. The summed E-state index contributed by atoms with van der Waals surface area (Å²) in [4.78, 5) is 22.4. The van der Waals surface area contributed by atoms with Crippen LogP contribution in [0.5, 0.6) is 5.75 Å². The number of ether oxygens (including phenoxy) is 2. The molecule has 0 saturated heterocycles. The number of anilines is 1. The van der Waals surface area contributed by atoms with E-state index in [0.717, 1.165) is 22.3 Å². The molecule has 2 aromatic carbocycles. The summed E-state index contributed by atoms with van der Waals surface area (Å²) in [6.45, 7) is 7.66. The second kappa shape index (κ2) is 10.4. The first kappa shape index (κ1) is 24.2. The van der Waals surface area contributed by atoms with E-state index in [4.69, 9.17) is 29.9 Å². The Kier molecular flexibility index (Phi) is 7.66. The molecule has 2 heterocycles. The van der Waals surface area contributed by atoms with Crippen molar-refractivity contribution in [3.05, 3.63) is 69.7 Å². The van der Waals surface area contributed by atoms with Crippen molar-refractivity contribution in [3.8, 4) is 5.75 Å². The van der Waals surface area contributed by atoms with Crippen molar-refractivity contribution in [2.45, 2.75) is 39.7 Å². The topological polar surface area (TPSA) is 90.9 Å². The molecule has 4 aromatic rings. The Balaban J connectivity index is 0.000000196. The van der Waals surface area contributed by atoms with Gasteiger partial charge in [0, 0.05) is 34.1 Å². The van der Waals surface area contributed by atoms with Gasteiger partial charge in [-0.3, -0.25) is 5.32 Å². The zero-order valence-corrected chi connectivity index (χ0v) is 19.9. The largest absolute Gasteiger partial charge is 0.492 e. The number of rotatable bonds is 4. The number of methoxy groups -OCH3 is 1. The first-order valence-corrected chi connectivity index (χ1v) is 10.8. The maximum Gasteiger partial charge on any atom is 0.411 e. The van der Waals surface area contributed by atoms with Gasteiger partial charge < -0.3 is 18.3 Å². The molecule has 0 bridgehead atoms. The van der Waals surface area contributed by atoms with E-state index in [0.29, 0.717) is 21.9 Å². The number of hydrogen-bond donors (Lipinski definition) is 1. The molecule has 33 heavy (non-hydrogen) atoms. The molecule has 0 spiro atoms. The van der Waals surface area contributed by atoms with E-state index in [2.05, 4.69) is 5.32 Å². The summed E-state index contributed by atoms with van der Waals surface area (Å²) in [5, 5.41) is 4.89. The van der Waals surface area contributed by atoms with Crippen LogP contribution in [0.3, 0.4) is 0 Å². The van der Waals surface area contributed by atoms with Crippen LogP contribution in [0.1, 0.15) is 39.4 Å². The highest BCUT2D eigenvalue weighted by Crippen LogP contribution is 2.38. The third-order valence-electron chi connectivity index (χ3n) is 4.55. The minimum atomic E-state index is -0.470. The van der Waals surface area contributed by atoms with E-state index >= 15 is 0 Å². The molecule has 0 aliphatic carbocycles. The third kappa shape index (κ3) is 6.08. The van der Waals surface area contributed by atoms with Crippen LogP contribution < -0.4 is 15.7 Å². The van der Waals surface area contributed by atoms with E-state index in [1.54, 1.807) is 57.4 Å². The smallest absolute Gasteiger partial charge is 0.411 e. The molecule has 0 radical (unpaired) electrons. The van der Waals surface area contributed by atoms with Crippen molar-refractivity contribution >= 4 is 45.3 Å². The Bertz CT molecular complexity index is 1320. The molecule has 7 nitrogen and oxygen atoms in total. The van der Waals surface area contributed by atoms with Crippen LogP contribution in [0.4, 0.5) is 10.5 Å². The van der Waals surface area contributed by atoms with Gasteiger partial charge in [0.1, 0.15) is 16.9 Å². The standard InChI is InChI=1S/C15H14O4.C10H12ClNO2/c1-8(2)14-15(17-3)10-6-9-4-5-13(16)18-11(9)7-12(10)19-14;1-7(2)14-10(13)12-9-5-3-4-8(11)6-9/h4-8H,1-3H3;3-7H,1-2H3,(H,12,13). The first-order valence-electron chi connectivity index (χ1n) is 10.5. The van der Waals surface area contributed by atoms with Gasteiger partial charge in [-0.25, -0.2) is 9.59 Å². The van der Waals surface area contributed by atoms with Crippen LogP contribution in [0, 0.1) is 0 Å². The van der Waals surface area contributed by atoms with Gasteiger partial charge in [-0.1, -0.05) is 31.5 Å². The van der Waals surface area contributed by atoms with E-state index in [9.17, 15) is 9.59 Å². The second-order valence-electron chi connectivity index (χ2n) is 7.88. The average Bonchev–Trinajstić information content (AvgIpc) is 3.09. The van der Waals surface area contributed by atoms with E-state index in [1.165, 1.54) is 6.07 Å². The minimum absolute atomic E-state index is 0.130. The number of benzene rings is 2. The predicted molar refractivity (Wildman–Crippen MR) is 130 cm³/mol. The normalized spacial score (nSPS) is 10.9. The highest BCUT2D eigenvalue weighted by molar-refractivity contribution is 6.30. The van der Waals surface area contributed by atoms with Crippen molar-refractivity contribution in [1.82, 2.24) is 0 Å². The maximum atomic E-state index is 11.2. The van der Waals surface area contributed by atoms with E-state index in [1.807, 2.05) is 19.9 Å². The van der Waals surface area contributed by atoms with Gasteiger partial charge >= 0.3 is 11.7 Å². The summed E-state index contributed by atoms with van der Waals surface area (Å²) in [6, 6.07) is 13.7. The van der Waals surface area contributed by atoms with Gasteiger partial charge in [0.2, 0.25) is 0 Å². The lowest BCUT2D eigenvalue weighted by molar-refractivity contribution is 0.130. The highest BCUT2D eigenvalue weighted by Gasteiger charge is 2.18. The molecule has 0 saturated carbocycles. The van der Waals surface area contributed by atoms with Gasteiger partial charge in [0.15, 0.2) is 5.75 Å². The summed E-state index contributed by atoms with van der Waals surface area (Å²) in [5.41, 5.74) is 1.45. The molecule has 8 heteroatoms. The van der Waals surface area contributed by atoms with Crippen LogP contribution in [-0.2, 0) is 4.74 Å². The number of furan rings is 1. The minimum Gasteiger partial charge on any atom is -0.492 e. The molecule has 2 aromatic heterocycles. The number of halogens is 1. The lowest BCUT2D eigenvalue weighted by atomic mass is 10.1. The molecule has 0 aliphatic rings. The van der Waals surface area contributed by atoms with Crippen LogP contribution in [0.25, 0.3) is 21.9 Å². The molecule has 1 amide bonds. The van der Waals surface area contributed by atoms with Gasteiger partial charge in [-0.05, 0) is 44.2 Å². The van der Waals surface area contributed by atoms with Crippen LogP contribution in [0.2, 0.25) is 5.02 Å². The summed E-state index contributed by atoms with van der Waals surface area (Å²) in [6.07, 6.45) is -0.601. The maximum absolute atomic E-state index is 11.2. The monoisotopic (exact) mass is 471 g/mol. The number of carbonyl (C=O) groups is 1. The molecule has 1 N–H and O–H groups in total. The summed E-state index contributed by atoms with van der Waals surface area (Å²) < 4.78 is 21.3. The molecule has 0 unspecified atom stereocenters. The van der Waals surface area contributed by atoms with Crippen molar-refractivity contribution in [2.24, 2.45) is 0 Å². The Morgan fingerprint density at radius 3 is 2.39 bits per heavy atom. The summed E-state index contributed by atoms with van der Waals surface area (Å²) >= 11 is 5.74. The summed E-state index contributed by atoms with van der Waals surface area (Å²) in [7, 11) is 1.63. The molecule has 0 aliphatic heterocycles. The van der Waals surface area contributed by atoms with Crippen LogP contribution >= 0.6 is 11.6 Å². The highest BCUT2D eigenvalue weighted by atomic mass is 35.5. The van der Waals surface area contributed by atoms with Crippen molar-refractivity contribution in [3.63, 3.8) is 0 Å². The third-order valence-corrected chi connectivity index (χ3v) is 4.79. The van der Waals surface area contributed by atoms with Crippen LogP contribution in [0.15, 0.2) is 62.2 Å². The SMILES string of the molecule is CC(C)OC(=O)Nc1cccc(Cl)c1.COc1c(C(C)C)oc2cc3oc(=O)ccc3cc12. The van der Waals surface area contributed by atoms with Gasteiger partial charge in [-0.2, -0.15) is 0 Å². The fraction of sp³-hybridized carbons (Fsp3) is 0.280. The summed E-state index contributed by atoms with van der Waals surface area (Å²) in [5.74, 6) is 1.77. The fourth-order valence-electron chi connectivity index (χ4n) is 3.17. The van der Waals surface area contributed by atoms with E-state index < -0.39 is 6.09 Å². The Labute approximate surface area is 196 Å². The lowest BCUT2D eigenvalue weighted by Gasteiger charge is -2.09. The predicted octanol–water partition coefficient (Wildman–Crippen LogP) is 6.97. The van der Waals surface area contributed by atoms with Crippen LogP contribution in [-0.4, -0.2) is 19.3 Å². The van der Waals surface area contributed by atoms with Crippen molar-refractivity contribution in [1.29, 1.82) is 0 Å². The number of hydrogen-bond acceptors (Lipinski definition) is 6. The number of carbonyl (C=O) groups excluding carboxylic acids is 1. The Morgan fingerprint density at radius 1 is 1.00 bits per heavy atom. The van der Waals surface area contributed by atoms with Crippen molar-refractivity contribution < 1.29 is 23.1 Å². The zero-order valence-electron chi connectivity index (χ0n) is 19.1. The first-order chi connectivity index (χ1) is 15.7. The van der Waals surface area contributed by atoms with Gasteiger partial charge in [0.05, 0.1) is 18.6 Å². The second-order valence-corrected chi connectivity index (χ2v) is 8.32. The number of fused-ring (bicyclic) bond motifs is 2. The fourth-order valence-corrected chi connectivity index (χ4v) is 3.36.